The Morgan fingerprint density at radius 3 is 2.61 bits per heavy atom. The maximum absolute atomic E-state index is 13.6. The molecule has 1 heterocycles. The Morgan fingerprint density at radius 1 is 1.22 bits per heavy atom. The second-order valence-electron chi connectivity index (χ2n) is 3.95. The minimum atomic E-state index is -0.706. The van der Waals surface area contributed by atoms with Gasteiger partial charge in [0.25, 0.3) is 0 Å². The highest BCUT2D eigenvalue weighted by molar-refractivity contribution is 5.47. The van der Waals surface area contributed by atoms with Crippen molar-refractivity contribution in [1.82, 2.24) is 9.13 Å². The first kappa shape index (κ1) is 12.1. The third-order valence-corrected chi connectivity index (χ3v) is 2.72. The van der Waals surface area contributed by atoms with Gasteiger partial charge in [-0.1, -0.05) is 6.07 Å². The van der Waals surface area contributed by atoms with Crippen molar-refractivity contribution in [3.8, 4) is 0 Å². The molecule has 0 atom stereocenters. The number of hydrogen-bond acceptors (Lipinski definition) is 3. The summed E-state index contributed by atoms with van der Waals surface area (Å²) in [5, 5.41) is 0. The van der Waals surface area contributed by atoms with E-state index in [1.165, 1.54) is 36.1 Å². The number of rotatable bonds is 2. The van der Waals surface area contributed by atoms with Crippen molar-refractivity contribution < 1.29 is 4.39 Å². The van der Waals surface area contributed by atoms with Gasteiger partial charge in [-0.3, -0.25) is 9.59 Å². The molecule has 2 rings (SSSR count). The molecule has 0 aliphatic rings. The van der Waals surface area contributed by atoms with E-state index >= 15 is 0 Å². The molecule has 18 heavy (non-hydrogen) atoms. The lowest BCUT2D eigenvalue weighted by molar-refractivity contribution is 0.593. The molecule has 0 radical (unpaired) electrons. The maximum atomic E-state index is 13.6. The highest BCUT2D eigenvalue weighted by Gasteiger charge is 2.09. The van der Waals surface area contributed by atoms with Crippen molar-refractivity contribution in [2.75, 3.05) is 5.73 Å². The molecule has 0 saturated heterocycles. The summed E-state index contributed by atoms with van der Waals surface area (Å²) in [6, 6.07) is 4.29. The van der Waals surface area contributed by atoms with E-state index in [9.17, 15) is 14.0 Å². The first-order valence-corrected chi connectivity index (χ1v) is 5.29. The van der Waals surface area contributed by atoms with Crippen LogP contribution in [0.2, 0.25) is 0 Å². The number of nitrogens with two attached hydrogens (primary N) is 1. The lowest BCUT2D eigenvalue weighted by atomic mass is 10.1. The fourth-order valence-electron chi connectivity index (χ4n) is 1.63. The Labute approximate surface area is 102 Å². The van der Waals surface area contributed by atoms with Crippen molar-refractivity contribution in [3.63, 3.8) is 0 Å². The molecule has 2 N–H and O–H groups in total. The van der Waals surface area contributed by atoms with Crippen LogP contribution in [-0.4, -0.2) is 9.13 Å². The summed E-state index contributed by atoms with van der Waals surface area (Å²) in [4.78, 5) is 23.1. The summed E-state index contributed by atoms with van der Waals surface area (Å²) < 4.78 is 15.9. The summed E-state index contributed by atoms with van der Waals surface area (Å²) in [7, 11) is 1.48. The number of nitrogens with zero attached hydrogens (tertiary/aromatic N) is 2. The quantitative estimate of drug-likeness (QED) is 0.615. The zero-order valence-electron chi connectivity index (χ0n) is 9.76. The standard InChI is InChI=1S/C12H12FN3O2/c1-15-5-6-16(12(18)11(15)17)7-8-9(13)3-2-4-10(8)14/h2-6H,7,14H2,1H3. The smallest absolute Gasteiger partial charge is 0.316 e. The maximum Gasteiger partial charge on any atom is 0.316 e. The van der Waals surface area contributed by atoms with Crippen LogP contribution in [0.4, 0.5) is 10.1 Å². The van der Waals surface area contributed by atoms with Crippen LogP contribution in [0.3, 0.4) is 0 Å². The topological polar surface area (TPSA) is 70.0 Å². The van der Waals surface area contributed by atoms with Crippen LogP contribution in [0.1, 0.15) is 5.56 Å². The molecule has 5 nitrogen and oxygen atoms in total. The van der Waals surface area contributed by atoms with Crippen molar-refractivity contribution in [2.24, 2.45) is 7.05 Å². The van der Waals surface area contributed by atoms with Gasteiger partial charge in [0.05, 0.1) is 6.54 Å². The summed E-state index contributed by atoms with van der Waals surface area (Å²) in [5.41, 5.74) is 4.74. The molecule has 0 amide bonds. The molecule has 1 aromatic heterocycles. The Bertz CT molecular complexity index is 683. The largest absolute Gasteiger partial charge is 0.398 e. The van der Waals surface area contributed by atoms with E-state index < -0.39 is 16.9 Å². The minimum Gasteiger partial charge on any atom is -0.398 e. The Morgan fingerprint density at radius 2 is 1.94 bits per heavy atom. The van der Waals surface area contributed by atoms with E-state index in [1.54, 1.807) is 6.07 Å². The van der Waals surface area contributed by atoms with E-state index in [-0.39, 0.29) is 17.8 Å². The average Bonchev–Trinajstić information content (AvgIpc) is 2.34. The van der Waals surface area contributed by atoms with Gasteiger partial charge in [-0.05, 0) is 12.1 Å². The van der Waals surface area contributed by atoms with Crippen LogP contribution in [0.25, 0.3) is 0 Å². The number of benzene rings is 1. The van der Waals surface area contributed by atoms with E-state index in [1.807, 2.05) is 0 Å². The number of aryl methyl sites for hydroxylation is 1. The summed E-state index contributed by atoms with van der Waals surface area (Å²) in [6.45, 7) is -0.0621. The molecule has 0 bridgehead atoms. The minimum absolute atomic E-state index is 0.0621. The fourth-order valence-corrected chi connectivity index (χ4v) is 1.63. The van der Waals surface area contributed by atoms with Gasteiger partial charge in [0.15, 0.2) is 0 Å². The van der Waals surface area contributed by atoms with Crippen LogP contribution < -0.4 is 16.9 Å². The number of aromatic nitrogens is 2. The Hall–Kier alpha value is -2.37. The molecule has 0 spiro atoms. The lowest BCUT2D eigenvalue weighted by Crippen LogP contribution is -2.39. The van der Waals surface area contributed by atoms with Gasteiger partial charge >= 0.3 is 11.1 Å². The number of anilines is 1. The fraction of sp³-hybridized carbons (Fsp3) is 0.167. The van der Waals surface area contributed by atoms with Crippen LogP contribution in [0, 0.1) is 5.82 Å². The molecule has 0 fully saturated rings. The van der Waals surface area contributed by atoms with Gasteiger partial charge in [0.1, 0.15) is 5.82 Å². The zero-order valence-corrected chi connectivity index (χ0v) is 9.76. The predicted molar refractivity (Wildman–Crippen MR) is 65.9 cm³/mol. The van der Waals surface area contributed by atoms with E-state index in [2.05, 4.69) is 0 Å². The lowest BCUT2D eigenvalue weighted by Gasteiger charge is -2.09. The average molecular weight is 249 g/mol. The number of hydrogen-bond donors (Lipinski definition) is 1. The van der Waals surface area contributed by atoms with Crippen LogP contribution in [0.5, 0.6) is 0 Å². The summed E-state index contributed by atoms with van der Waals surface area (Å²) in [6.07, 6.45) is 2.87. The molecule has 2 aromatic rings. The van der Waals surface area contributed by atoms with Crippen molar-refractivity contribution >= 4 is 5.69 Å². The second-order valence-corrected chi connectivity index (χ2v) is 3.95. The SMILES string of the molecule is Cn1ccn(Cc2c(N)cccc2F)c(=O)c1=O. The van der Waals surface area contributed by atoms with Gasteiger partial charge in [-0.2, -0.15) is 0 Å². The van der Waals surface area contributed by atoms with Crippen LogP contribution >= 0.6 is 0 Å². The highest BCUT2D eigenvalue weighted by atomic mass is 19.1. The third-order valence-electron chi connectivity index (χ3n) is 2.72. The van der Waals surface area contributed by atoms with E-state index in [4.69, 9.17) is 5.73 Å². The molecule has 0 unspecified atom stereocenters. The second kappa shape index (κ2) is 4.48. The Balaban J connectivity index is 2.51. The van der Waals surface area contributed by atoms with Crippen LogP contribution in [0.15, 0.2) is 40.2 Å². The predicted octanol–water partition coefficient (Wildman–Crippen LogP) is 0.317. The Kier molecular flexibility index (Phi) is 3.01. The van der Waals surface area contributed by atoms with Crippen LogP contribution in [-0.2, 0) is 13.6 Å². The number of halogens is 1. The summed E-state index contributed by atoms with van der Waals surface area (Å²) >= 11 is 0. The molecule has 94 valence electrons. The van der Waals surface area contributed by atoms with Gasteiger partial charge in [-0.15, -0.1) is 0 Å². The summed E-state index contributed by atoms with van der Waals surface area (Å²) in [5.74, 6) is -0.498. The van der Waals surface area contributed by atoms with Gasteiger partial charge < -0.3 is 14.9 Å². The molecule has 1 aromatic carbocycles. The molecule has 0 saturated carbocycles. The molecular formula is C12H12FN3O2. The third kappa shape index (κ3) is 2.04. The molecular weight excluding hydrogens is 237 g/mol. The normalized spacial score (nSPS) is 10.6. The number of nitrogen functional groups attached to an aromatic ring is 1. The van der Waals surface area contributed by atoms with Gasteiger partial charge in [0.2, 0.25) is 0 Å². The first-order valence-electron chi connectivity index (χ1n) is 5.29. The van der Waals surface area contributed by atoms with E-state index in [0.717, 1.165) is 4.57 Å². The van der Waals surface area contributed by atoms with Gasteiger partial charge in [0, 0.05) is 30.7 Å². The molecule has 0 aliphatic heterocycles. The van der Waals surface area contributed by atoms with Gasteiger partial charge in [-0.25, -0.2) is 4.39 Å². The van der Waals surface area contributed by atoms with Crippen molar-refractivity contribution in [1.29, 1.82) is 0 Å². The molecule has 0 aliphatic carbocycles. The zero-order chi connectivity index (χ0) is 13.3. The van der Waals surface area contributed by atoms with Crippen molar-refractivity contribution in [2.45, 2.75) is 6.54 Å². The van der Waals surface area contributed by atoms with Crippen molar-refractivity contribution in [3.05, 3.63) is 62.7 Å². The first-order chi connectivity index (χ1) is 8.50. The monoisotopic (exact) mass is 249 g/mol. The highest BCUT2D eigenvalue weighted by Crippen LogP contribution is 2.15. The van der Waals surface area contributed by atoms with E-state index in [0.29, 0.717) is 0 Å². The molecule has 6 heteroatoms.